The zero-order valence-electron chi connectivity index (χ0n) is 11.2. The summed E-state index contributed by atoms with van der Waals surface area (Å²) in [5, 5.41) is 0. The van der Waals surface area contributed by atoms with E-state index in [1.54, 1.807) is 24.3 Å². The van der Waals surface area contributed by atoms with Crippen LogP contribution in [0.1, 0.15) is 31.7 Å². The molecular formula is C14H19ClO3S. The minimum atomic E-state index is -3.70. The zero-order valence-corrected chi connectivity index (χ0v) is 12.8. The molecule has 0 unspecified atom stereocenters. The molecule has 1 aromatic carbocycles. The Morgan fingerprint density at radius 3 is 2.47 bits per heavy atom. The van der Waals surface area contributed by atoms with Crippen LogP contribution in [0.25, 0.3) is 0 Å². The Bertz CT molecular complexity index is 538. The third kappa shape index (κ3) is 3.12. The second kappa shape index (κ2) is 5.43. The Kier molecular flexibility index (Phi) is 4.23. The van der Waals surface area contributed by atoms with Gasteiger partial charge in [0.25, 0.3) is 10.1 Å². The summed E-state index contributed by atoms with van der Waals surface area (Å²) in [6.45, 7) is 3.96. The van der Waals surface area contributed by atoms with Crippen molar-refractivity contribution in [2.24, 2.45) is 5.92 Å². The van der Waals surface area contributed by atoms with Crippen molar-refractivity contribution >= 4 is 21.7 Å². The van der Waals surface area contributed by atoms with Gasteiger partial charge in [0.2, 0.25) is 0 Å². The van der Waals surface area contributed by atoms with Gasteiger partial charge in [-0.1, -0.05) is 31.0 Å². The Labute approximate surface area is 120 Å². The van der Waals surface area contributed by atoms with Crippen LogP contribution in [0.5, 0.6) is 0 Å². The van der Waals surface area contributed by atoms with Gasteiger partial charge in [-0.25, -0.2) is 0 Å². The summed E-state index contributed by atoms with van der Waals surface area (Å²) in [6.07, 6.45) is 2.28. The van der Waals surface area contributed by atoms with Gasteiger partial charge in [0.05, 0.1) is 10.5 Å². The van der Waals surface area contributed by atoms with E-state index in [-0.39, 0.29) is 4.90 Å². The first kappa shape index (κ1) is 14.8. The Hall–Kier alpha value is -0.580. The molecular weight excluding hydrogens is 284 g/mol. The molecule has 5 heteroatoms. The van der Waals surface area contributed by atoms with Crippen molar-refractivity contribution in [3.8, 4) is 0 Å². The predicted molar refractivity (Wildman–Crippen MR) is 75.9 cm³/mol. The zero-order chi connectivity index (χ0) is 14.1. The minimum absolute atomic E-state index is 0.216. The van der Waals surface area contributed by atoms with Gasteiger partial charge in [-0.05, 0) is 37.8 Å². The maximum atomic E-state index is 12.3. The van der Waals surface area contributed by atoms with Crippen LogP contribution in [0.4, 0.5) is 0 Å². The lowest BCUT2D eigenvalue weighted by Gasteiger charge is -2.17. The average Bonchev–Trinajstić information content (AvgIpc) is 3.02. The minimum Gasteiger partial charge on any atom is -0.259 e. The van der Waals surface area contributed by atoms with Crippen molar-refractivity contribution < 1.29 is 12.6 Å². The highest BCUT2D eigenvalue weighted by Gasteiger charge is 2.56. The summed E-state index contributed by atoms with van der Waals surface area (Å²) in [5.74, 6) is 0.714. The molecule has 1 aromatic rings. The molecule has 19 heavy (non-hydrogen) atoms. The Morgan fingerprint density at radius 1 is 1.37 bits per heavy atom. The molecule has 0 bridgehead atoms. The Morgan fingerprint density at radius 2 is 2.00 bits per heavy atom. The van der Waals surface area contributed by atoms with E-state index >= 15 is 0 Å². The molecule has 0 heterocycles. The van der Waals surface area contributed by atoms with Gasteiger partial charge in [-0.15, -0.1) is 11.6 Å². The molecule has 0 radical (unpaired) electrons. The second-order valence-electron chi connectivity index (χ2n) is 5.16. The molecule has 1 saturated carbocycles. The second-order valence-corrected chi connectivity index (χ2v) is 7.09. The quantitative estimate of drug-likeness (QED) is 0.597. The monoisotopic (exact) mass is 302 g/mol. The first-order valence-corrected chi connectivity index (χ1v) is 8.46. The van der Waals surface area contributed by atoms with Crippen LogP contribution in [0.2, 0.25) is 0 Å². The topological polar surface area (TPSA) is 43.4 Å². The summed E-state index contributed by atoms with van der Waals surface area (Å²) in [7, 11) is -3.70. The average molecular weight is 303 g/mol. The van der Waals surface area contributed by atoms with Crippen LogP contribution in [-0.2, 0) is 14.3 Å². The van der Waals surface area contributed by atoms with Crippen molar-refractivity contribution in [1.29, 1.82) is 0 Å². The van der Waals surface area contributed by atoms with E-state index in [2.05, 4.69) is 0 Å². The van der Waals surface area contributed by atoms with Crippen molar-refractivity contribution in [3.63, 3.8) is 0 Å². The normalized spacial score (nSPS) is 26.4. The molecule has 1 fully saturated rings. The van der Waals surface area contributed by atoms with Crippen LogP contribution in [0.15, 0.2) is 29.2 Å². The first-order chi connectivity index (χ1) is 8.93. The van der Waals surface area contributed by atoms with E-state index in [1.165, 1.54) is 0 Å². The molecule has 0 aliphatic heterocycles. The van der Waals surface area contributed by atoms with E-state index in [0.717, 1.165) is 18.4 Å². The smallest absolute Gasteiger partial charge is 0.259 e. The molecule has 106 valence electrons. The molecule has 2 rings (SSSR count). The van der Waals surface area contributed by atoms with Crippen molar-refractivity contribution in [3.05, 3.63) is 29.8 Å². The molecule has 0 N–H and O–H groups in total. The van der Waals surface area contributed by atoms with Crippen molar-refractivity contribution in [1.82, 2.24) is 0 Å². The van der Waals surface area contributed by atoms with Gasteiger partial charge in [0.15, 0.2) is 0 Å². The molecule has 0 spiro atoms. The number of hydrogen-bond acceptors (Lipinski definition) is 3. The number of benzene rings is 1. The highest BCUT2D eigenvalue weighted by Crippen LogP contribution is 2.53. The summed E-state index contributed by atoms with van der Waals surface area (Å²) in [6, 6.07) is 6.72. The van der Waals surface area contributed by atoms with E-state index in [4.69, 9.17) is 15.8 Å². The van der Waals surface area contributed by atoms with Crippen molar-refractivity contribution in [2.45, 2.75) is 43.6 Å². The van der Waals surface area contributed by atoms with Crippen molar-refractivity contribution in [2.75, 3.05) is 5.88 Å². The fourth-order valence-electron chi connectivity index (χ4n) is 2.46. The van der Waals surface area contributed by atoms with E-state index in [0.29, 0.717) is 18.2 Å². The third-order valence-corrected chi connectivity index (χ3v) is 5.36. The molecule has 2 atom stereocenters. The standard InChI is InChI=1S/C14H19ClO3S/c1-3-12-10-14(12,8-9-15)18-19(16,17)13-6-4-11(2)5-7-13/h4-7,12H,3,8-10H2,1-2H3/t12-,14-/m0/s1. The summed E-state index contributed by atoms with van der Waals surface area (Å²) >= 11 is 5.77. The molecule has 1 aliphatic carbocycles. The summed E-state index contributed by atoms with van der Waals surface area (Å²) in [4.78, 5) is 0.216. The van der Waals surface area contributed by atoms with E-state index in [9.17, 15) is 8.42 Å². The van der Waals surface area contributed by atoms with Crippen LogP contribution < -0.4 is 0 Å². The van der Waals surface area contributed by atoms with Gasteiger partial charge >= 0.3 is 0 Å². The largest absolute Gasteiger partial charge is 0.297 e. The number of rotatable bonds is 6. The Balaban J connectivity index is 2.19. The lowest BCUT2D eigenvalue weighted by Crippen LogP contribution is -2.23. The van der Waals surface area contributed by atoms with Gasteiger partial charge in [-0.3, -0.25) is 4.18 Å². The molecule has 0 amide bonds. The number of hydrogen-bond donors (Lipinski definition) is 0. The maximum absolute atomic E-state index is 12.3. The summed E-state index contributed by atoms with van der Waals surface area (Å²) in [5.41, 5.74) is 0.451. The predicted octanol–water partition coefficient (Wildman–Crippen LogP) is 3.50. The van der Waals surface area contributed by atoms with Crippen LogP contribution in [0.3, 0.4) is 0 Å². The highest BCUT2D eigenvalue weighted by molar-refractivity contribution is 7.86. The molecule has 3 nitrogen and oxygen atoms in total. The SMILES string of the molecule is CC[C@H]1C[C@]1(CCCl)OS(=O)(=O)c1ccc(C)cc1. The fourth-order valence-corrected chi connectivity index (χ4v) is 4.07. The van der Waals surface area contributed by atoms with Gasteiger partial charge in [0, 0.05) is 5.88 Å². The van der Waals surface area contributed by atoms with Gasteiger partial charge < -0.3 is 0 Å². The van der Waals surface area contributed by atoms with Crippen LogP contribution in [-0.4, -0.2) is 19.9 Å². The van der Waals surface area contributed by atoms with Gasteiger partial charge in [0.1, 0.15) is 0 Å². The van der Waals surface area contributed by atoms with Crippen LogP contribution >= 0.6 is 11.6 Å². The van der Waals surface area contributed by atoms with Crippen LogP contribution in [0, 0.1) is 12.8 Å². The maximum Gasteiger partial charge on any atom is 0.297 e. The molecule has 0 saturated heterocycles. The lowest BCUT2D eigenvalue weighted by atomic mass is 10.2. The van der Waals surface area contributed by atoms with E-state index in [1.807, 2.05) is 13.8 Å². The molecule has 1 aliphatic rings. The molecule has 0 aromatic heterocycles. The number of halogens is 1. The lowest BCUT2D eigenvalue weighted by molar-refractivity contribution is 0.163. The highest BCUT2D eigenvalue weighted by atomic mass is 35.5. The summed E-state index contributed by atoms with van der Waals surface area (Å²) < 4.78 is 30.0. The first-order valence-electron chi connectivity index (χ1n) is 6.52. The number of alkyl halides is 1. The van der Waals surface area contributed by atoms with E-state index < -0.39 is 15.7 Å². The number of aryl methyl sites for hydroxylation is 1. The van der Waals surface area contributed by atoms with Gasteiger partial charge in [-0.2, -0.15) is 8.42 Å². The fraction of sp³-hybridized carbons (Fsp3) is 0.571. The third-order valence-electron chi connectivity index (χ3n) is 3.77.